The second-order valence-electron chi connectivity index (χ2n) is 6.67. The summed E-state index contributed by atoms with van der Waals surface area (Å²) in [5, 5.41) is 12.5. The first-order valence-electron chi connectivity index (χ1n) is 9.13. The van der Waals surface area contributed by atoms with Gasteiger partial charge >= 0.3 is 0 Å². The minimum atomic E-state index is -0.237. The van der Waals surface area contributed by atoms with Crippen LogP contribution in [0.5, 0.6) is 11.5 Å². The second kappa shape index (κ2) is 7.44. The van der Waals surface area contributed by atoms with E-state index in [4.69, 9.17) is 15.2 Å². The molecule has 30 heavy (non-hydrogen) atoms. The van der Waals surface area contributed by atoms with E-state index in [-0.39, 0.29) is 11.8 Å². The molecule has 1 atom stereocenters. The van der Waals surface area contributed by atoms with E-state index < -0.39 is 0 Å². The highest BCUT2D eigenvalue weighted by atomic mass is 32.2. The molecule has 4 aromatic rings. The van der Waals surface area contributed by atoms with Crippen molar-refractivity contribution in [1.82, 2.24) is 9.97 Å². The minimum Gasteiger partial charge on any atom is -0.497 e. The van der Waals surface area contributed by atoms with E-state index in [1.54, 1.807) is 18.4 Å². The van der Waals surface area contributed by atoms with Gasteiger partial charge in [-0.1, -0.05) is 17.8 Å². The lowest BCUT2D eigenvalue weighted by Gasteiger charge is -2.25. The lowest BCUT2D eigenvalue weighted by Crippen LogP contribution is -2.20. The van der Waals surface area contributed by atoms with Crippen LogP contribution in [0.1, 0.15) is 16.4 Å². The van der Waals surface area contributed by atoms with Crippen molar-refractivity contribution in [3.63, 3.8) is 0 Å². The van der Waals surface area contributed by atoms with Crippen molar-refractivity contribution in [2.75, 3.05) is 7.11 Å². The van der Waals surface area contributed by atoms with Gasteiger partial charge in [0.1, 0.15) is 23.1 Å². The summed E-state index contributed by atoms with van der Waals surface area (Å²) in [5.74, 6) is 1.37. The molecule has 0 saturated carbocycles. The molecular weight excluding hydrogens is 416 g/mol. The van der Waals surface area contributed by atoms with Crippen molar-refractivity contribution >= 4 is 34.1 Å². The predicted molar refractivity (Wildman–Crippen MR) is 117 cm³/mol. The van der Waals surface area contributed by atoms with Crippen molar-refractivity contribution in [3.05, 3.63) is 75.8 Å². The summed E-state index contributed by atoms with van der Waals surface area (Å²) in [6.07, 6.45) is 0. The van der Waals surface area contributed by atoms with Gasteiger partial charge in [-0.05, 0) is 41.8 Å². The molecule has 2 aromatic carbocycles. The Kier molecular flexibility index (Phi) is 4.62. The highest BCUT2D eigenvalue weighted by molar-refractivity contribution is 7.99. The number of aromatic amines is 1. The number of allylic oxidation sites excluding steroid dienone is 1. The van der Waals surface area contributed by atoms with E-state index >= 15 is 0 Å². The molecule has 148 valence electrons. The Morgan fingerprint density at radius 3 is 2.93 bits per heavy atom. The van der Waals surface area contributed by atoms with Gasteiger partial charge in [0.25, 0.3) is 0 Å². The summed E-state index contributed by atoms with van der Waals surface area (Å²) < 4.78 is 11.0. The number of imidazole rings is 1. The van der Waals surface area contributed by atoms with Crippen LogP contribution in [-0.2, 0) is 0 Å². The Hall–Kier alpha value is -3.41. The Bertz CT molecular complexity index is 1320. The largest absolute Gasteiger partial charge is 0.497 e. The Labute approximate surface area is 181 Å². The number of aromatic nitrogens is 2. The average Bonchev–Trinajstić information content (AvgIpc) is 3.41. The number of nitriles is 1. The molecule has 5 rings (SSSR count). The van der Waals surface area contributed by atoms with E-state index in [1.165, 1.54) is 11.8 Å². The number of ether oxygens (including phenoxy) is 2. The number of H-pyrrole nitrogens is 1. The Morgan fingerprint density at radius 2 is 2.17 bits per heavy atom. The predicted octanol–water partition coefficient (Wildman–Crippen LogP) is 5.00. The fourth-order valence-corrected chi connectivity index (χ4v) is 5.21. The number of methoxy groups -OCH3 is 1. The van der Waals surface area contributed by atoms with Gasteiger partial charge in [-0.25, -0.2) is 4.98 Å². The second-order valence-corrected chi connectivity index (χ2v) is 8.71. The first kappa shape index (κ1) is 18.6. The van der Waals surface area contributed by atoms with Gasteiger partial charge < -0.3 is 20.2 Å². The van der Waals surface area contributed by atoms with Gasteiger partial charge in [-0.2, -0.15) is 5.26 Å². The van der Waals surface area contributed by atoms with Crippen molar-refractivity contribution in [3.8, 4) is 17.6 Å². The lowest BCUT2D eigenvalue weighted by molar-refractivity contribution is 0.393. The lowest BCUT2D eigenvalue weighted by atomic mass is 9.88. The number of nitrogens with two attached hydrogens (primary N) is 1. The van der Waals surface area contributed by atoms with Crippen LogP contribution in [0.4, 0.5) is 0 Å². The number of fused-ring (bicyclic) bond motifs is 2. The molecule has 0 spiro atoms. The molecule has 3 N–H and O–H groups in total. The van der Waals surface area contributed by atoms with Gasteiger partial charge in [0.05, 0.1) is 24.1 Å². The van der Waals surface area contributed by atoms with Crippen LogP contribution in [0.2, 0.25) is 0 Å². The molecule has 1 unspecified atom stereocenters. The highest BCUT2D eigenvalue weighted by Gasteiger charge is 2.31. The number of thiophene rings is 1. The SMILES string of the molecule is COc1ccc2nc(Sc3ccc4c(c3)C(c3cccs3)C(C#N)=C(N)O4)[nH]c2c1. The molecule has 8 heteroatoms. The first-order chi connectivity index (χ1) is 14.7. The normalized spacial score (nSPS) is 15.5. The molecule has 0 saturated heterocycles. The van der Waals surface area contributed by atoms with E-state index in [1.807, 2.05) is 53.9 Å². The van der Waals surface area contributed by atoms with Gasteiger partial charge in [0, 0.05) is 21.4 Å². The molecule has 1 aliphatic heterocycles. The van der Waals surface area contributed by atoms with Gasteiger partial charge in [-0.15, -0.1) is 11.3 Å². The van der Waals surface area contributed by atoms with Gasteiger partial charge in [-0.3, -0.25) is 0 Å². The average molecular weight is 433 g/mol. The van der Waals surface area contributed by atoms with Crippen LogP contribution in [-0.4, -0.2) is 17.1 Å². The van der Waals surface area contributed by atoms with Gasteiger partial charge in [0.15, 0.2) is 5.16 Å². The smallest absolute Gasteiger partial charge is 0.205 e. The summed E-state index contributed by atoms with van der Waals surface area (Å²) in [6.45, 7) is 0. The molecule has 0 radical (unpaired) electrons. The summed E-state index contributed by atoms with van der Waals surface area (Å²) in [7, 11) is 1.64. The van der Waals surface area contributed by atoms with E-state index in [2.05, 4.69) is 16.0 Å². The molecule has 0 bridgehead atoms. The number of benzene rings is 2. The monoisotopic (exact) mass is 432 g/mol. The van der Waals surface area contributed by atoms with E-state index in [9.17, 15) is 5.26 Å². The zero-order valence-electron chi connectivity index (χ0n) is 15.9. The van der Waals surface area contributed by atoms with Crippen LogP contribution in [0, 0.1) is 11.3 Å². The van der Waals surface area contributed by atoms with Gasteiger partial charge in [0.2, 0.25) is 5.88 Å². The standard InChI is InChI=1S/C22H16N4O2S2/c1-27-12-4-6-16-17(9-12)26-22(25-16)30-13-5-7-18-14(10-13)20(19-3-2-8-29-19)15(11-23)21(24)28-18/h2-10,20H,24H2,1H3,(H,25,26). The quantitative estimate of drug-likeness (QED) is 0.471. The Balaban J connectivity index is 1.53. The number of nitrogens with one attached hydrogen (secondary N) is 1. The molecule has 2 aromatic heterocycles. The van der Waals surface area contributed by atoms with E-state index in [0.29, 0.717) is 11.3 Å². The number of rotatable bonds is 4. The molecule has 1 aliphatic rings. The highest BCUT2D eigenvalue weighted by Crippen LogP contribution is 2.45. The minimum absolute atomic E-state index is 0.162. The van der Waals surface area contributed by atoms with E-state index in [0.717, 1.165) is 37.3 Å². The maximum atomic E-state index is 9.69. The zero-order valence-corrected chi connectivity index (χ0v) is 17.5. The number of hydrogen-bond donors (Lipinski definition) is 2. The maximum absolute atomic E-state index is 9.69. The fourth-order valence-electron chi connectivity index (χ4n) is 3.50. The molecule has 6 nitrogen and oxygen atoms in total. The van der Waals surface area contributed by atoms with Crippen molar-refractivity contribution < 1.29 is 9.47 Å². The van der Waals surface area contributed by atoms with Crippen LogP contribution in [0.15, 0.2) is 75.4 Å². The summed E-state index contributed by atoms with van der Waals surface area (Å²) in [6, 6.07) is 17.9. The van der Waals surface area contributed by atoms with Crippen LogP contribution >= 0.6 is 23.1 Å². The Morgan fingerprint density at radius 1 is 1.27 bits per heavy atom. The number of hydrogen-bond acceptors (Lipinski definition) is 7. The summed E-state index contributed by atoms with van der Waals surface area (Å²) in [4.78, 5) is 10.0. The number of nitrogens with zero attached hydrogens (tertiary/aromatic N) is 2. The summed E-state index contributed by atoms with van der Waals surface area (Å²) >= 11 is 3.12. The van der Waals surface area contributed by atoms with Crippen LogP contribution < -0.4 is 15.2 Å². The topological polar surface area (TPSA) is 96.9 Å². The van der Waals surface area contributed by atoms with Crippen LogP contribution in [0.25, 0.3) is 11.0 Å². The molecule has 0 amide bonds. The fraction of sp³-hybridized carbons (Fsp3) is 0.0909. The molecular formula is C22H16N4O2S2. The zero-order chi connectivity index (χ0) is 20.7. The third-order valence-electron chi connectivity index (χ3n) is 4.90. The van der Waals surface area contributed by atoms with Crippen molar-refractivity contribution in [1.29, 1.82) is 5.26 Å². The molecule has 0 fully saturated rings. The summed E-state index contributed by atoms with van der Waals surface area (Å²) in [5.41, 5.74) is 9.18. The van der Waals surface area contributed by atoms with Crippen LogP contribution in [0.3, 0.4) is 0 Å². The van der Waals surface area contributed by atoms with Crippen molar-refractivity contribution in [2.45, 2.75) is 16.0 Å². The molecule has 3 heterocycles. The first-order valence-corrected chi connectivity index (χ1v) is 10.8. The maximum Gasteiger partial charge on any atom is 0.205 e. The van der Waals surface area contributed by atoms with Crippen molar-refractivity contribution in [2.24, 2.45) is 5.73 Å². The molecule has 0 aliphatic carbocycles. The third kappa shape index (κ3) is 3.18. The third-order valence-corrected chi connectivity index (χ3v) is 6.71.